The molecule has 0 bridgehead atoms. The highest BCUT2D eigenvalue weighted by atomic mass is 127. The van der Waals surface area contributed by atoms with E-state index in [4.69, 9.17) is 0 Å². The second kappa shape index (κ2) is 7.25. The van der Waals surface area contributed by atoms with Crippen LogP contribution in [0.5, 0.6) is 0 Å². The van der Waals surface area contributed by atoms with Gasteiger partial charge in [-0.2, -0.15) is 0 Å². The van der Waals surface area contributed by atoms with Gasteiger partial charge in [-0.15, -0.1) is 0 Å². The lowest BCUT2D eigenvalue weighted by Crippen LogP contribution is -2.30. The van der Waals surface area contributed by atoms with Crippen molar-refractivity contribution in [2.24, 2.45) is 0 Å². The van der Waals surface area contributed by atoms with Gasteiger partial charge in [0.15, 0.2) is 0 Å². The fraction of sp³-hybridized carbons (Fsp3) is 0.538. The van der Waals surface area contributed by atoms with Crippen LogP contribution in [0, 0.1) is 3.57 Å². The lowest BCUT2D eigenvalue weighted by molar-refractivity contribution is 0.342. The maximum Gasteiger partial charge on any atom is 0.0292 e. The van der Waals surface area contributed by atoms with Gasteiger partial charge in [-0.1, -0.05) is 19.1 Å². The molecule has 3 heteroatoms. The summed E-state index contributed by atoms with van der Waals surface area (Å²) in [4.78, 5) is 2.31. The topological polar surface area (TPSA) is 15.3 Å². The van der Waals surface area contributed by atoms with E-state index >= 15 is 0 Å². The van der Waals surface area contributed by atoms with Crippen LogP contribution in [0.15, 0.2) is 24.3 Å². The first-order valence-corrected chi connectivity index (χ1v) is 6.88. The molecule has 0 aliphatic carbocycles. The summed E-state index contributed by atoms with van der Waals surface area (Å²) in [5, 5.41) is 3.54. The fourth-order valence-corrected chi connectivity index (χ4v) is 1.86. The van der Waals surface area contributed by atoms with E-state index in [2.05, 4.69) is 78.0 Å². The summed E-state index contributed by atoms with van der Waals surface area (Å²) < 4.78 is 1.29. The van der Waals surface area contributed by atoms with Crippen molar-refractivity contribution in [2.45, 2.75) is 19.9 Å². The van der Waals surface area contributed by atoms with E-state index in [1.165, 1.54) is 9.13 Å². The van der Waals surface area contributed by atoms with Crippen molar-refractivity contribution >= 4 is 22.6 Å². The number of halogens is 1. The smallest absolute Gasteiger partial charge is 0.0292 e. The molecule has 0 fully saturated rings. The number of rotatable bonds is 6. The molecular weight excluding hydrogens is 311 g/mol. The Morgan fingerprint density at radius 1 is 1.31 bits per heavy atom. The van der Waals surface area contributed by atoms with Crippen molar-refractivity contribution in [1.82, 2.24) is 10.2 Å². The minimum atomic E-state index is 0.433. The highest BCUT2D eigenvalue weighted by Crippen LogP contribution is 2.13. The Morgan fingerprint density at radius 3 is 2.50 bits per heavy atom. The zero-order valence-electron chi connectivity index (χ0n) is 10.3. The van der Waals surface area contributed by atoms with Crippen LogP contribution in [0.25, 0.3) is 0 Å². The van der Waals surface area contributed by atoms with Crippen LogP contribution in [-0.2, 0) is 0 Å². The number of likely N-dealkylation sites (N-methyl/N-ethyl adjacent to an activating group) is 1. The molecule has 0 heterocycles. The molecule has 1 unspecified atom stereocenters. The zero-order valence-corrected chi connectivity index (χ0v) is 12.5. The van der Waals surface area contributed by atoms with Gasteiger partial charge in [0.2, 0.25) is 0 Å². The molecule has 0 spiro atoms. The van der Waals surface area contributed by atoms with Gasteiger partial charge in [0.05, 0.1) is 0 Å². The molecule has 16 heavy (non-hydrogen) atoms. The largest absolute Gasteiger partial charge is 0.309 e. The van der Waals surface area contributed by atoms with Gasteiger partial charge in [-0.25, -0.2) is 0 Å². The molecule has 1 N–H and O–H groups in total. The van der Waals surface area contributed by atoms with Gasteiger partial charge in [0, 0.05) is 22.7 Å². The van der Waals surface area contributed by atoms with E-state index in [1.54, 1.807) is 0 Å². The first kappa shape index (κ1) is 13.9. The molecule has 0 saturated heterocycles. The summed E-state index contributed by atoms with van der Waals surface area (Å²) in [5.74, 6) is 0. The molecule has 0 aliphatic heterocycles. The van der Waals surface area contributed by atoms with Crippen molar-refractivity contribution in [1.29, 1.82) is 0 Å². The third-order valence-electron chi connectivity index (χ3n) is 2.85. The van der Waals surface area contributed by atoms with E-state index in [9.17, 15) is 0 Å². The Labute approximate surface area is 113 Å². The molecule has 0 aromatic heterocycles. The second-order valence-electron chi connectivity index (χ2n) is 4.12. The third kappa shape index (κ3) is 4.80. The van der Waals surface area contributed by atoms with E-state index in [0.717, 1.165) is 19.6 Å². The molecule has 1 rings (SSSR count). The molecule has 2 nitrogen and oxygen atoms in total. The Morgan fingerprint density at radius 2 is 1.94 bits per heavy atom. The monoisotopic (exact) mass is 332 g/mol. The Kier molecular flexibility index (Phi) is 6.31. The number of hydrogen-bond acceptors (Lipinski definition) is 2. The molecule has 90 valence electrons. The highest BCUT2D eigenvalue weighted by Gasteiger charge is 2.04. The van der Waals surface area contributed by atoms with Gasteiger partial charge in [-0.05, 0) is 60.8 Å². The first-order chi connectivity index (χ1) is 7.63. The molecule has 0 radical (unpaired) electrons. The summed E-state index contributed by atoms with van der Waals surface area (Å²) in [7, 11) is 2.15. The maximum atomic E-state index is 3.54. The average Bonchev–Trinajstić information content (AvgIpc) is 2.29. The fourth-order valence-electron chi connectivity index (χ4n) is 1.50. The van der Waals surface area contributed by atoms with Gasteiger partial charge >= 0.3 is 0 Å². The van der Waals surface area contributed by atoms with Gasteiger partial charge in [0.25, 0.3) is 0 Å². The van der Waals surface area contributed by atoms with Gasteiger partial charge in [-0.3, -0.25) is 0 Å². The van der Waals surface area contributed by atoms with E-state index in [-0.39, 0.29) is 0 Å². The predicted molar refractivity (Wildman–Crippen MR) is 78.7 cm³/mol. The molecule has 1 atom stereocenters. The molecule has 1 aromatic carbocycles. The molecular formula is C13H21IN2. The van der Waals surface area contributed by atoms with Crippen LogP contribution in [0.2, 0.25) is 0 Å². The maximum absolute atomic E-state index is 3.54. The standard InChI is InChI=1S/C13H21IN2/c1-4-16(3)10-9-15-11(2)12-5-7-13(14)8-6-12/h5-8,11,15H,4,9-10H2,1-3H3. The molecule has 0 amide bonds. The van der Waals surface area contributed by atoms with Gasteiger partial charge in [0.1, 0.15) is 0 Å². The van der Waals surface area contributed by atoms with E-state index in [0.29, 0.717) is 6.04 Å². The summed E-state index contributed by atoms with van der Waals surface area (Å²) in [5.41, 5.74) is 1.36. The normalized spacial score (nSPS) is 13.1. The lowest BCUT2D eigenvalue weighted by atomic mass is 10.1. The third-order valence-corrected chi connectivity index (χ3v) is 3.57. The number of hydrogen-bond donors (Lipinski definition) is 1. The van der Waals surface area contributed by atoms with E-state index in [1.807, 2.05) is 0 Å². The zero-order chi connectivity index (χ0) is 12.0. The average molecular weight is 332 g/mol. The molecule has 1 aromatic rings. The Balaban J connectivity index is 2.35. The summed E-state index contributed by atoms with van der Waals surface area (Å²) in [6.07, 6.45) is 0. The van der Waals surface area contributed by atoms with Crippen molar-refractivity contribution in [3.05, 3.63) is 33.4 Å². The van der Waals surface area contributed by atoms with Crippen LogP contribution in [-0.4, -0.2) is 31.6 Å². The summed E-state index contributed by atoms with van der Waals surface area (Å²) in [6.45, 7) is 7.65. The predicted octanol–water partition coefficient (Wildman–Crippen LogP) is 2.89. The van der Waals surface area contributed by atoms with Gasteiger partial charge < -0.3 is 10.2 Å². The van der Waals surface area contributed by atoms with Crippen LogP contribution >= 0.6 is 22.6 Å². The lowest BCUT2D eigenvalue weighted by Gasteiger charge is -2.18. The Bertz CT molecular complexity index is 297. The minimum absolute atomic E-state index is 0.433. The van der Waals surface area contributed by atoms with Crippen molar-refractivity contribution in [3.8, 4) is 0 Å². The molecule has 0 saturated carbocycles. The van der Waals surface area contributed by atoms with Crippen molar-refractivity contribution in [2.75, 3.05) is 26.7 Å². The highest BCUT2D eigenvalue weighted by molar-refractivity contribution is 14.1. The minimum Gasteiger partial charge on any atom is -0.309 e. The summed E-state index contributed by atoms with van der Waals surface area (Å²) in [6, 6.07) is 9.15. The van der Waals surface area contributed by atoms with Crippen LogP contribution < -0.4 is 5.32 Å². The van der Waals surface area contributed by atoms with Crippen molar-refractivity contribution in [3.63, 3.8) is 0 Å². The van der Waals surface area contributed by atoms with Crippen LogP contribution in [0.3, 0.4) is 0 Å². The quantitative estimate of drug-likeness (QED) is 0.806. The van der Waals surface area contributed by atoms with Crippen LogP contribution in [0.4, 0.5) is 0 Å². The van der Waals surface area contributed by atoms with Crippen LogP contribution in [0.1, 0.15) is 25.5 Å². The second-order valence-corrected chi connectivity index (χ2v) is 5.37. The van der Waals surface area contributed by atoms with Crippen molar-refractivity contribution < 1.29 is 0 Å². The Hall–Kier alpha value is -0.130. The number of benzene rings is 1. The number of nitrogens with zero attached hydrogens (tertiary/aromatic N) is 1. The SMILES string of the molecule is CCN(C)CCNC(C)c1ccc(I)cc1. The summed E-state index contributed by atoms with van der Waals surface area (Å²) >= 11 is 2.34. The molecule has 0 aliphatic rings. The first-order valence-electron chi connectivity index (χ1n) is 5.81. The van der Waals surface area contributed by atoms with E-state index < -0.39 is 0 Å². The number of nitrogens with one attached hydrogen (secondary N) is 1.